The number of carbonyl (C=O) groups is 2. The lowest BCUT2D eigenvalue weighted by molar-refractivity contribution is -0.125. The Morgan fingerprint density at radius 2 is 1.76 bits per heavy atom. The van der Waals surface area contributed by atoms with Gasteiger partial charge in [0.25, 0.3) is 0 Å². The number of anilines is 2. The van der Waals surface area contributed by atoms with Crippen LogP contribution in [-0.4, -0.2) is 46.8 Å². The molecule has 3 rings (SSSR count). The minimum absolute atomic E-state index is 0.184. The highest BCUT2D eigenvalue weighted by Crippen LogP contribution is 2.36. The molecule has 1 atom stereocenters. The summed E-state index contributed by atoms with van der Waals surface area (Å²) in [7, 11) is 0.160. The Kier molecular flexibility index (Phi) is 6.22. The number of rotatable bonds is 7. The summed E-state index contributed by atoms with van der Waals surface area (Å²) < 4.78 is 23.1. The molecular formula is C21H24N2O5S. The van der Waals surface area contributed by atoms with Gasteiger partial charge in [-0.1, -0.05) is 12.1 Å². The van der Waals surface area contributed by atoms with E-state index in [1.807, 2.05) is 0 Å². The Morgan fingerprint density at radius 3 is 2.45 bits per heavy atom. The summed E-state index contributed by atoms with van der Waals surface area (Å²) in [6, 6.07) is 14.2. The second-order valence-corrected chi connectivity index (χ2v) is 8.65. The van der Waals surface area contributed by atoms with Crippen molar-refractivity contribution in [3.8, 4) is 11.5 Å². The highest BCUT2D eigenvalue weighted by atomic mass is 32.2. The van der Waals surface area contributed by atoms with Crippen LogP contribution in [0.5, 0.6) is 11.5 Å². The van der Waals surface area contributed by atoms with Crippen molar-refractivity contribution >= 4 is 34.0 Å². The van der Waals surface area contributed by atoms with Crippen LogP contribution >= 0.6 is 0 Å². The molecule has 0 bridgehead atoms. The lowest BCUT2D eigenvalue weighted by Crippen LogP contribution is -2.59. The van der Waals surface area contributed by atoms with Gasteiger partial charge in [0.1, 0.15) is 22.8 Å². The standard InChI is InChI=1S/C21H24N2O5S/c1-21(2)20(25)22-17-6-4-5-7-18(17)23(21)19(24)14-29(26)13-12-28-16-10-8-15(27-3)9-11-16/h4-11H,12-14H2,1-3H3,(H,22,25)/t29-/m1/s1. The van der Waals surface area contributed by atoms with E-state index >= 15 is 0 Å². The third-order valence-corrected chi connectivity index (χ3v) is 5.87. The van der Waals surface area contributed by atoms with E-state index in [2.05, 4.69) is 5.32 Å². The highest BCUT2D eigenvalue weighted by Gasteiger charge is 2.43. The van der Waals surface area contributed by atoms with Crippen molar-refractivity contribution in [3.05, 3.63) is 48.5 Å². The van der Waals surface area contributed by atoms with Crippen molar-refractivity contribution in [2.45, 2.75) is 19.4 Å². The molecule has 154 valence electrons. The highest BCUT2D eigenvalue weighted by molar-refractivity contribution is 7.85. The summed E-state index contributed by atoms with van der Waals surface area (Å²) in [6.45, 7) is 3.56. The fraction of sp³-hybridized carbons (Fsp3) is 0.333. The average Bonchev–Trinajstić information content (AvgIpc) is 2.69. The van der Waals surface area contributed by atoms with Crippen LogP contribution in [0.1, 0.15) is 13.8 Å². The molecule has 2 amide bonds. The van der Waals surface area contributed by atoms with Crippen molar-refractivity contribution in [2.24, 2.45) is 0 Å². The smallest absolute Gasteiger partial charge is 0.250 e. The Hall–Kier alpha value is -2.87. The van der Waals surface area contributed by atoms with Gasteiger partial charge in [-0.25, -0.2) is 0 Å². The molecule has 0 saturated heterocycles. The number of ether oxygens (including phenoxy) is 2. The third-order valence-electron chi connectivity index (χ3n) is 4.68. The monoisotopic (exact) mass is 416 g/mol. The quantitative estimate of drug-likeness (QED) is 0.750. The van der Waals surface area contributed by atoms with Crippen LogP contribution in [0.15, 0.2) is 48.5 Å². The van der Waals surface area contributed by atoms with Gasteiger partial charge < -0.3 is 14.8 Å². The van der Waals surface area contributed by atoms with Crippen LogP contribution in [0.2, 0.25) is 0 Å². The van der Waals surface area contributed by atoms with E-state index in [4.69, 9.17) is 9.47 Å². The molecule has 0 radical (unpaired) electrons. The van der Waals surface area contributed by atoms with E-state index in [9.17, 15) is 13.8 Å². The number of benzene rings is 2. The molecule has 0 unspecified atom stereocenters. The van der Waals surface area contributed by atoms with Crippen LogP contribution in [0.25, 0.3) is 0 Å². The maximum atomic E-state index is 12.9. The van der Waals surface area contributed by atoms with Gasteiger partial charge in [0.05, 0.1) is 30.8 Å². The molecule has 7 nitrogen and oxygen atoms in total. The van der Waals surface area contributed by atoms with E-state index in [0.29, 0.717) is 17.1 Å². The number of amides is 2. The number of hydrogen-bond donors (Lipinski definition) is 1. The summed E-state index contributed by atoms with van der Waals surface area (Å²) in [5.41, 5.74) is 0.0993. The van der Waals surface area contributed by atoms with E-state index in [-0.39, 0.29) is 29.9 Å². The van der Waals surface area contributed by atoms with Crippen molar-refractivity contribution < 1.29 is 23.3 Å². The minimum Gasteiger partial charge on any atom is -0.497 e. The molecule has 8 heteroatoms. The lowest BCUT2D eigenvalue weighted by Gasteiger charge is -2.42. The zero-order valence-electron chi connectivity index (χ0n) is 16.6. The maximum absolute atomic E-state index is 12.9. The molecule has 1 N–H and O–H groups in total. The summed E-state index contributed by atoms with van der Waals surface area (Å²) >= 11 is 0. The summed E-state index contributed by atoms with van der Waals surface area (Å²) in [5, 5.41) is 2.81. The van der Waals surface area contributed by atoms with Crippen molar-refractivity contribution in [2.75, 3.05) is 35.4 Å². The number of methoxy groups -OCH3 is 1. The van der Waals surface area contributed by atoms with E-state index < -0.39 is 16.3 Å². The fourth-order valence-electron chi connectivity index (χ4n) is 3.10. The number of nitrogens with zero attached hydrogens (tertiary/aromatic N) is 1. The molecule has 2 aromatic rings. The fourth-order valence-corrected chi connectivity index (χ4v) is 3.92. The molecule has 1 aliphatic rings. The minimum atomic E-state index is -1.43. The Labute approximate surface area is 172 Å². The normalized spacial score (nSPS) is 15.8. The van der Waals surface area contributed by atoms with Crippen LogP contribution in [0, 0.1) is 0 Å². The summed E-state index contributed by atoms with van der Waals surface area (Å²) in [5.74, 6) is 0.742. The van der Waals surface area contributed by atoms with Gasteiger partial charge in [0, 0.05) is 10.8 Å². The largest absolute Gasteiger partial charge is 0.497 e. The van der Waals surface area contributed by atoms with Crippen molar-refractivity contribution in [1.29, 1.82) is 0 Å². The predicted octanol–water partition coefficient (Wildman–Crippen LogP) is 2.59. The molecule has 2 aromatic carbocycles. The van der Waals surface area contributed by atoms with Gasteiger partial charge in [-0.2, -0.15) is 0 Å². The molecule has 1 heterocycles. The molecule has 1 aliphatic heterocycles. The molecular weight excluding hydrogens is 392 g/mol. The van der Waals surface area contributed by atoms with Gasteiger partial charge in [-0.3, -0.25) is 18.7 Å². The van der Waals surface area contributed by atoms with Crippen molar-refractivity contribution in [1.82, 2.24) is 0 Å². The van der Waals surface area contributed by atoms with Crippen LogP contribution < -0.4 is 19.7 Å². The van der Waals surface area contributed by atoms with Crippen LogP contribution in [0.4, 0.5) is 11.4 Å². The first-order chi connectivity index (χ1) is 13.8. The first-order valence-corrected chi connectivity index (χ1v) is 10.7. The van der Waals surface area contributed by atoms with Crippen LogP contribution in [0.3, 0.4) is 0 Å². The maximum Gasteiger partial charge on any atom is 0.250 e. The molecule has 29 heavy (non-hydrogen) atoms. The van der Waals surface area contributed by atoms with Gasteiger partial charge in [0.15, 0.2) is 0 Å². The molecule has 0 spiro atoms. The first kappa shape index (κ1) is 20.9. The third kappa shape index (κ3) is 4.59. The molecule has 0 aromatic heterocycles. The Bertz CT molecular complexity index is 927. The second-order valence-electron chi connectivity index (χ2n) is 7.07. The van der Waals surface area contributed by atoms with Gasteiger partial charge in [-0.05, 0) is 50.2 Å². The zero-order chi connectivity index (χ0) is 21.0. The number of nitrogens with one attached hydrogen (secondary N) is 1. The van der Waals surface area contributed by atoms with E-state index in [1.165, 1.54) is 4.90 Å². The van der Waals surface area contributed by atoms with E-state index in [1.54, 1.807) is 69.5 Å². The summed E-state index contributed by atoms with van der Waals surface area (Å²) in [6.07, 6.45) is 0. The summed E-state index contributed by atoms with van der Waals surface area (Å²) in [4.78, 5) is 26.8. The average molecular weight is 416 g/mol. The number of para-hydroxylation sites is 2. The van der Waals surface area contributed by atoms with Gasteiger partial charge in [0.2, 0.25) is 11.8 Å². The Morgan fingerprint density at radius 1 is 1.10 bits per heavy atom. The predicted molar refractivity (Wildman–Crippen MR) is 113 cm³/mol. The molecule has 0 aliphatic carbocycles. The first-order valence-electron chi connectivity index (χ1n) is 9.18. The molecule has 0 fully saturated rings. The van der Waals surface area contributed by atoms with Crippen molar-refractivity contribution in [3.63, 3.8) is 0 Å². The zero-order valence-corrected chi connectivity index (χ0v) is 17.5. The van der Waals surface area contributed by atoms with Gasteiger partial charge in [-0.15, -0.1) is 0 Å². The Balaban J connectivity index is 1.61. The number of hydrogen-bond acceptors (Lipinski definition) is 5. The van der Waals surface area contributed by atoms with Gasteiger partial charge >= 0.3 is 0 Å². The SMILES string of the molecule is COc1ccc(OCC[S@@](=O)CC(=O)N2c3ccccc3NC(=O)C2(C)C)cc1. The topological polar surface area (TPSA) is 84.9 Å². The number of carbonyl (C=O) groups excluding carboxylic acids is 2. The number of fused-ring (bicyclic) bond motifs is 1. The lowest BCUT2D eigenvalue weighted by atomic mass is 9.96. The van der Waals surface area contributed by atoms with Crippen LogP contribution in [-0.2, 0) is 20.4 Å². The van der Waals surface area contributed by atoms with E-state index in [0.717, 1.165) is 5.75 Å². The second kappa shape index (κ2) is 8.65. The molecule has 0 saturated carbocycles.